The predicted molar refractivity (Wildman–Crippen MR) is 97.0 cm³/mol. The first kappa shape index (κ1) is 23.8. The molecule has 3 rings (SSSR count). The third-order valence-electron chi connectivity index (χ3n) is 3.73. The van der Waals surface area contributed by atoms with E-state index in [2.05, 4.69) is 20.1 Å². The van der Waals surface area contributed by atoms with Gasteiger partial charge >= 0.3 is 12.5 Å². The van der Waals surface area contributed by atoms with E-state index in [1.165, 1.54) is 6.07 Å². The summed E-state index contributed by atoms with van der Waals surface area (Å²) in [4.78, 5) is 16.3. The highest BCUT2D eigenvalue weighted by Crippen LogP contribution is 2.39. The van der Waals surface area contributed by atoms with Gasteiger partial charge in [-0.2, -0.15) is 13.2 Å². The molecule has 1 amide bonds. The van der Waals surface area contributed by atoms with Crippen LogP contribution in [-0.2, 0) is 6.18 Å². The molecule has 0 radical (unpaired) electrons. The van der Waals surface area contributed by atoms with Gasteiger partial charge in [0.25, 0.3) is 12.1 Å². The normalized spacial score (nSPS) is 11.7. The molecule has 0 fully saturated rings. The second kappa shape index (κ2) is 8.97. The number of pyridine rings is 1. The van der Waals surface area contributed by atoms with Crippen LogP contribution in [0.25, 0.3) is 0 Å². The number of ether oxygens (including phenoxy) is 2. The zero-order chi connectivity index (χ0) is 24.4. The average Bonchev–Trinajstić information content (AvgIpc) is 2.69. The number of amides is 1. The summed E-state index contributed by atoms with van der Waals surface area (Å²) in [7, 11) is 0. The molecule has 2 heterocycles. The van der Waals surface area contributed by atoms with Crippen LogP contribution in [0.1, 0.15) is 16.1 Å². The number of benzene rings is 1. The quantitative estimate of drug-likeness (QED) is 0.305. The number of hydrogen-bond acceptors (Lipinski definition) is 6. The Kier molecular flexibility index (Phi) is 6.48. The summed E-state index contributed by atoms with van der Waals surface area (Å²) in [5.41, 5.74) is -2.32. The summed E-state index contributed by atoms with van der Waals surface area (Å²) in [6, 6.07) is 5.01. The van der Waals surface area contributed by atoms with Crippen LogP contribution in [0.5, 0.6) is 17.2 Å². The Bertz CT molecular complexity index is 1150. The van der Waals surface area contributed by atoms with E-state index in [9.17, 15) is 31.1 Å². The second-order valence-electron chi connectivity index (χ2n) is 6.07. The molecule has 3 aromatic rings. The van der Waals surface area contributed by atoms with Crippen molar-refractivity contribution in [3.63, 3.8) is 0 Å². The molecular formula is C18H10ClF6N4O4+. The van der Waals surface area contributed by atoms with Gasteiger partial charge in [0.05, 0.1) is 16.9 Å². The third-order valence-corrected chi connectivity index (χ3v) is 4.09. The molecule has 1 aromatic carbocycles. The molecule has 8 nitrogen and oxygen atoms in total. The first-order chi connectivity index (χ1) is 15.3. The van der Waals surface area contributed by atoms with Crippen molar-refractivity contribution in [2.45, 2.75) is 12.5 Å². The van der Waals surface area contributed by atoms with Gasteiger partial charge in [-0.15, -0.1) is 13.2 Å². The fourth-order valence-electron chi connectivity index (χ4n) is 2.41. The highest BCUT2D eigenvalue weighted by Gasteiger charge is 2.38. The average molecular weight is 496 g/mol. The van der Waals surface area contributed by atoms with E-state index in [0.717, 1.165) is 36.7 Å². The minimum absolute atomic E-state index is 0.00802. The largest absolute Gasteiger partial charge is 0.573 e. The molecule has 33 heavy (non-hydrogen) atoms. The lowest BCUT2D eigenvalue weighted by Crippen LogP contribution is -2.33. The SMILES string of the molecule is O=C(Nc1cc[n+](O)nc1)c1c(Oc2ccc(OC(F)(F)F)cc2)cnc(C(F)(F)F)c1Cl. The molecule has 0 spiro atoms. The standard InChI is InChI=1S/C18H9ClF6N4O4/c19-14-13(16(30)28-9-5-6-29(31)27-7-9)12(8-26-15(14)17(20,21)22)32-10-1-3-11(4-2-10)33-18(23,24)25/h1-8,31H/p+1. The van der Waals surface area contributed by atoms with E-state index in [1.54, 1.807) is 0 Å². The van der Waals surface area contributed by atoms with E-state index in [4.69, 9.17) is 21.5 Å². The maximum atomic E-state index is 13.2. The number of hydrogen-bond donors (Lipinski definition) is 2. The Hall–Kier alpha value is -3.81. The summed E-state index contributed by atoms with van der Waals surface area (Å²) in [5, 5.41) is 13.7. The Morgan fingerprint density at radius 1 is 1.03 bits per heavy atom. The van der Waals surface area contributed by atoms with Crippen molar-refractivity contribution < 1.29 is 50.7 Å². The van der Waals surface area contributed by atoms with Crippen LogP contribution in [0, 0.1) is 0 Å². The third kappa shape index (κ3) is 6.12. The van der Waals surface area contributed by atoms with Crippen molar-refractivity contribution in [1.82, 2.24) is 10.1 Å². The molecule has 0 aliphatic rings. The summed E-state index contributed by atoms with van der Waals surface area (Å²) < 4.78 is 85.6. The van der Waals surface area contributed by atoms with E-state index in [1.807, 2.05) is 0 Å². The number of nitrogens with one attached hydrogen (secondary N) is 1. The van der Waals surface area contributed by atoms with Gasteiger partial charge in [0.1, 0.15) is 28.1 Å². The van der Waals surface area contributed by atoms with Crippen molar-refractivity contribution >= 4 is 23.2 Å². The lowest BCUT2D eigenvalue weighted by atomic mass is 10.1. The van der Waals surface area contributed by atoms with E-state index < -0.39 is 46.2 Å². The van der Waals surface area contributed by atoms with Gasteiger partial charge in [-0.25, -0.2) is 4.98 Å². The first-order valence-corrected chi connectivity index (χ1v) is 8.89. The highest BCUT2D eigenvalue weighted by molar-refractivity contribution is 6.35. The van der Waals surface area contributed by atoms with Crippen molar-refractivity contribution in [2.24, 2.45) is 0 Å². The van der Waals surface area contributed by atoms with Crippen LogP contribution in [0.4, 0.5) is 32.0 Å². The van der Waals surface area contributed by atoms with Gasteiger partial charge in [0.15, 0.2) is 11.4 Å². The Labute approximate surface area is 184 Å². The minimum atomic E-state index is -5.00. The summed E-state index contributed by atoms with van der Waals surface area (Å²) in [6.45, 7) is 0. The van der Waals surface area contributed by atoms with E-state index >= 15 is 0 Å². The Balaban J connectivity index is 1.96. The molecule has 0 atom stereocenters. The lowest BCUT2D eigenvalue weighted by Gasteiger charge is -2.16. The zero-order valence-electron chi connectivity index (χ0n) is 15.8. The molecule has 0 aliphatic heterocycles. The van der Waals surface area contributed by atoms with Crippen molar-refractivity contribution in [3.8, 4) is 17.2 Å². The maximum absolute atomic E-state index is 13.2. The number of carbonyl (C=O) groups excluding carboxylic acids is 1. The predicted octanol–water partition coefficient (Wildman–Crippen LogP) is 4.62. The van der Waals surface area contributed by atoms with Gasteiger partial charge in [0, 0.05) is 11.2 Å². The number of halogens is 7. The fourth-order valence-corrected chi connectivity index (χ4v) is 2.75. The zero-order valence-corrected chi connectivity index (χ0v) is 16.5. The lowest BCUT2D eigenvalue weighted by molar-refractivity contribution is -0.948. The summed E-state index contributed by atoms with van der Waals surface area (Å²) in [5.74, 6) is -2.39. The maximum Gasteiger partial charge on any atom is 0.573 e. The van der Waals surface area contributed by atoms with Gasteiger partial charge in [0.2, 0.25) is 0 Å². The first-order valence-electron chi connectivity index (χ1n) is 8.51. The second-order valence-corrected chi connectivity index (χ2v) is 6.45. The number of alkyl halides is 6. The molecule has 0 bridgehead atoms. The van der Waals surface area contributed by atoms with Crippen LogP contribution in [-0.4, -0.2) is 27.6 Å². The van der Waals surface area contributed by atoms with E-state index in [-0.39, 0.29) is 11.4 Å². The fraction of sp³-hybridized carbons (Fsp3) is 0.111. The number of aromatic nitrogens is 3. The molecule has 2 aromatic heterocycles. The number of nitrogens with zero attached hydrogens (tertiary/aromatic N) is 3. The van der Waals surface area contributed by atoms with Crippen molar-refractivity contribution in [1.29, 1.82) is 0 Å². The van der Waals surface area contributed by atoms with Crippen LogP contribution in [0.3, 0.4) is 0 Å². The van der Waals surface area contributed by atoms with Gasteiger partial charge in [-0.3, -0.25) is 10.0 Å². The van der Waals surface area contributed by atoms with Crippen LogP contribution >= 0.6 is 11.6 Å². The van der Waals surface area contributed by atoms with Crippen molar-refractivity contribution in [3.05, 3.63) is 65.2 Å². The Morgan fingerprint density at radius 2 is 1.67 bits per heavy atom. The smallest absolute Gasteiger partial charge is 0.455 e. The molecule has 0 unspecified atom stereocenters. The highest BCUT2D eigenvalue weighted by atomic mass is 35.5. The topological polar surface area (TPSA) is 97.5 Å². The molecule has 0 saturated carbocycles. The van der Waals surface area contributed by atoms with Crippen molar-refractivity contribution in [2.75, 3.05) is 5.32 Å². The van der Waals surface area contributed by atoms with Gasteiger partial charge < -0.3 is 14.8 Å². The van der Waals surface area contributed by atoms with Crippen LogP contribution < -0.4 is 19.6 Å². The van der Waals surface area contributed by atoms with Crippen LogP contribution in [0.2, 0.25) is 5.02 Å². The van der Waals surface area contributed by atoms with E-state index in [0.29, 0.717) is 11.0 Å². The van der Waals surface area contributed by atoms with Gasteiger partial charge in [-0.1, -0.05) is 11.6 Å². The monoisotopic (exact) mass is 495 g/mol. The molecule has 15 heteroatoms. The molecule has 174 valence electrons. The number of rotatable bonds is 5. The molecule has 0 saturated heterocycles. The molecule has 2 N–H and O–H groups in total. The molecule has 0 aliphatic carbocycles. The summed E-state index contributed by atoms with van der Waals surface area (Å²) in [6.07, 6.45) is -7.31. The number of anilines is 1. The summed E-state index contributed by atoms with van der Waals surface area (Å²) >= 11 is 5.82. The number of carbonyl (C=O) groups is 1. The van der Waals surface area contributed by atoms with Crippen LogP contribution in [0.15, 0.2) is 48.9 Å². The van der Waals surface area contributed by atoms with Gasteiger partial charge in [-0.05, 0) is 24.3 Å². The minimum Gasteiger partial charge on any atom is -0.455 e. The Morgan fingerprint density at radius 3 is 2.21 bits per heavy atom. The molecular weight excluding hydrogens is 486 g/mol.